The smallest absolute Gasteiger partial charge is 0.292 e. The number of nitrogens with two attached hydrogens (primary N) is 1. The first-order chi connectivity index (χ1) is 8.08. The monoisotopic (exact) mass is 236 g/mol. The lowest BCUT2D eigenvalue weighted by molar-refractivity contribution is -0.716. The van der Waals surface area contributed by atoms with E-state index in [2.05, 4.69) is 24.1 Å². The number of nitro benzene ring substituents is 1. The van der Waals surface area contributed by atoms with Crippen LogP contribution in [0.1, 0.15) is 13.8 Å². The van der Waals surface area contributed by atoms with Crippen molar-refractivity contribution in [2.75, 3.05) is 18.0 Å². The van der Waals surface area contributed by atoms with Gasteiger partial charge in [-0.15, -0.1) is 0 Å². The highest BCUT2D eigenvalue weighted by Gasteiger charge is 2.28. The molecule has 1 fully saturated rings. The van der Waals surface area contributed by atoms with Crippen LogP contribution >= 0.6 is 0 Å². The van der Waals surface area contributed by atoms with Gasteiger partial charge in [-0.2, -0.15) is 0 Å². The second-order valence-corrected chi connectivity index (χ2v) is 4.80. The van der Waals surface area contributed by atoms with E-state index in [-0.39, 0.29) is 10.6 Å². The van der Waals surface area contributed by atoms with Crippen molar-refractivity contribution in [3.63, 3.8) is 0 Å². The van der Waals surface area contributed by atoms with Gasteiger partial charge in [0.2, 0.25) is 0 Å². The molecule has 17 heavy (non-hydrogen) atoms. The minimum absolute atomic E-state index is 0.203. The highest BCUT2D eigenvalue weighted by atomic mass is 16.6. The van der Waals surface area contributed by atoms with Crippen molar-refractivity contribution in [1.29, 1.82) is 0 Å². The van der Waals surface area contributed by atoms with Crippen LogP contribution in [0.15, 0.2) is 24.3 Å². The maximum Gasteiger partial charge on any atom is 0.292 e. The van der Waals surface area contributed by atoms with Crippen LogP contribution in [0.25, 0.3) is 0 Å². The summed E-state index contributed by atoms with van der Waals surface area (Å²) in [5.41, 5.74) is 0.943. The molecule has 1 aromatic rings. The van der Waals surface area contributed by atoms with Crippen LogP contribution < -0.4 is 10.2 Å². The summed E-state index contributed by atoms with van der Waals surface area (Å²) in [6, 6.07) is 7.92. The predicted molar refractivity (Wildman–Crippen MR) is 66.2 cm³/mol. The molecule has 1 aliphatic heterocycles. The van der Waals surface area contributed by atoms with Crippen LogP contribution in [0.5, 0.6) is 0 Å². The number of rotatable bonds is 2. The Morgan fingerprint density at radius 2 is 1.88 bits per heavy atom. The number of para-hydroxylation sites is 2. The number of piperazine rings is 1. The predicted octanol–water partition coefficient (Wildman–Crippen LogP) is 0.755. The summed E-state index contributed by atoms with van der Waals surface area (Å²) in [5.74, 6) is 0. The third-order valence-corrected chi connectivity index (χ3v) is 3.09. The van der Waals surface area contributed by atoms with Crippen LogP contribution in [-0.4, -0.2) is 30.1 Å². The Bertz CT molecular complexity index is 412. The summed E-state index contributed by atoms with van der Waals surface area (Å²) < 4.78 is 0. The van der Waals surface area contributed by atoms with Crippen molar-refractivity contribution in [3.05, 3.63) is 34.4 Å². The summed E-state index contributed by atoms with van der Waals surface area (Å²) in [7, 11) is 0. The van der Waals surface area contributed by atoms with E-state index in [4.69, 9.17) is 0 Å². The molecule has 0 spiro atoms. The standard InChI is InChI=1S/C12H17N3O2/c1-9-7-14(8-10(2)13-9)11-5-3-4-6-12(11)15(16)17/h3-6,9-10,13H,7-8H2,1-2H3/p+1/t9-,10+. The van der Waals surface area contributed by atoms with E-state index in [0.717, 1.165) is 18.8 Å². The van der Waals surface area contributed by atoms with Crippen molar-refractivity contribution in [1.82, 2.24) is 0 Å². The number of nitrogens with zero attached hydrogens (tertiary/aromatic N) is 2. The molecule has 0 amide bonds. The Hall–Kier alpha value is -1.62. The summed E-state index contributed by atoms with van der Waals surface area (Å²) in [5, 5.41) is 13.3. The Kier molecular flexibility index (Phi) is 3.28. The molecular formula is C12H18N3O2+. The van der Waals surface area contributed by atoms with E-state index >= 15 is 0 Å². The first-order valence-electron chi connectivity index (χ1n) is 5.91. The van der Waals surface area contributed by atoms with Crippen LogP contribution in [0.4, 0.5) is 11.4 Å². The first-order valence-corrected chi connectivity index (χ1v) is 5.91. The molecule has 2 atom stereocenters. The molecule has 0 unspecified atom stereocenters. The maximum atomic E-state index is 11.0. The van der Waals surface area contributed by atoms with Crippen LogP contribution in [0, 0.1) is 10.1 Å². The van der Waals surface area contributed by atoms with Crippen molar-refractivity contribution in [2.24, 2.45) is 0 Å². The lowest BCUT2D eigenvalue weighted by atomic mass is 10.1. The van der Waals surface area contributed by atoms with Gasteiger partial charge in [-0.3, -0.25) is 10.1 Å². The number of nitro groups is 1. The Morgan fingerprint density at radius 3 is 2.47 bits per heavy atom. The molecule has 0 bridgehead atoms. The van der Waals surface area contributed by atoms with E-state index in [1.54, 1.807) is 12.1 Å². The van der Waals surface area contributed by atoms with Crippen LogP contribution in [0.3, 0.4) is 0 Å². The third-order valence-electron chi connectivity index (χ3n) is 3.09. The van der Waals surface area contributed by atoms with E-state index < -0.39 is 0 Å². The molecular weight excluding hydrogens is 218 g/mol. The molecule has 1 aromatic carbocycles. The second kappa shape index (κ2) is 4.71. The number of benzene rings is 1. The molecule has 0 radical (unpaired) electrons. The SMILES string of the molecule is C[C@@H]1CN(c2ccccc2[N+](=O)[O-])C[C@H](C)[NH2+]1. The lowest BCUT2D eigenvalue weighted by Crippen LogP contribution is -2.99. The Labute approximate surface area is 101 Å². The fourth-order valence-electron chi connectivity index (χ4n) is 2.53. The average molecular weight is 236 g/mol. The minimum Gasteiger partial charge on any atom is -0.354 e. The highest BCUT2D eigenvalue weighted by Crippen LogP contribution is 2.28. The normalized spacial score (nSPS) is 24.7. The van der Waals surface area contributed by atoms with Crippen LogP contribution in [-0.2, 0) is 0 Å². The molecule has 5 heteroatoms. The van der Waals surface area contributed by atoms with E-state index in [0.29, 0.717) is 12.1 Å². The van der Waals surface area contributed by atoms with Gasteiger partial charge in [0.05, 0.1) is 18.0 Å². The molecule has 92 valence electrons. The van der Waals surface area contributed by atoms with Gasteiger partial charge in [0.15, 0.2) is 0 Å². The van der Waals surface area contributed by atoms with Crippen molar-refractivity contribution in [2.45, 2.75) is 25.9 Å². The van der Waals surface area contributed by atoms with Crippen molar-refractivity contribution in [3.8, 4) is 0 Å². The topological polar surface area (TPSA) is 63.0 Å². The van der Waals surface area contributed by atoms with Crippen molar-refractivity contribution < 1.29 is 10.2 Å². The number of quaternary nitrogens is 1. The van der Waals surface area contributed by atoms with Gasteiger partial charge in [-0.25, -0.2) is 0 Å². The highest BCUT2D eigenvalue weighted by molar-refractivity contribution is 5.63. The van der Waals surface area contributed by atoms with Gasteiger partial charge in [0, 0.05) is 6.07 Å². The molecule has 5 nitrogen and oxygen atoms in total. The quantitative estimate of drug-likeness (QED) is 0.609. The zero-order chi connectivity index (χ0) is 12.4. The van der Waals surface area contributed by atoms with E-state index in [1.165, 1.54) is 0 Å². The van der Waals surface area contributed by atoms with Gasteiger partial charge in [0.1, 0.15) is 17.8 Å². The fourth-order valence-corrected chi connectivity index (χ4v) is 2.53. The fraction of sp³-hybridized carbons (Fsp3) is 0.500. The molecule has 0 saturated carbocycles. The zero-order valence-electron chi connectivity index (χ0n) is 10.2. The van der Waals surface area contributed by atoms with Gasteiger partial charge in [-0.05, 0) is 19.9 Å². The number of anilines is 1. The largest absolute Gasteiger partial charge is 0.354 e. The maximum absolute atomic E-state index is 11.0. The summed E-state index contributed by atoms with van der Waals surface area (Å²) in [6.45, 7) is 6.01. The lowest BCUT2D eigenvalue weighted by Gasteiger charge is -2.34. The average Bonchev–Trinajstić information content (AvgIpc) is 2.27. The molecule has 1 saturated heterocycles. The number of hydrogen-bond acceptors (Lipinski definition) is 3. The Morgan fingerprint density at radius 1 is 1.29 bits per heavy atom. The molecule has 2 rings (SSSR count). The van der Waals surface area contributed by atoms with Crippen LogP contribution in [0.2, 0.25) is 0 Å². The molecule has 2 N–H and O–H groups in total. The van der Waals surface area contributed by atoms with Crippen molar-refractivity contribution >= 4 is 11.4 Å². The van der Waals surface area contributed by atoms with Gasteiger partial charge < -0.3 is 10.2 Å². The minimum atomic E-state index is -0.303. The molecule has 1 aliphatic rings. The second-order valence-electron chi connectivity index (χ2n) is 4.80. The molecule has 0 aromatic heterocycles. The van der Waals surface area contributed by atoms with E-state index in [9.17, 15) is 10.1 Å². The first kappa shape index (κ1) is 11.9. The van der Waals surface area contributed by atoms with E-state index in [1.807, 2.05) is 12.1 Å². The van der Waals surface area contributed by atoms with Gasteiger partial charge in [0.25, 0.3) is 5.69 Å². The Balaban J connectivity index is 2.30. The summed E-state index contributed by atoms with van der Waals surface area (Å²) in [4.78, 5) is 12.8. The summed E-state index contributed by atoms with van der Waals surface area (Å²) in [6.07, 6.45) is 0. The van der Waals surface area contributed by atoms with Gasteiger partial charge in [-0.1, -0.05) is 12.1 Å². The molecule has 1 heterocycles. The zero-order valence-corrected chi connectivity index (χ0v) is 10.2. The third kappa shape index (κ3) is 2.55. The summed E-state index contributed by atoms with van der Waals surface area (Å²) >= 11 is 0. The molecule has 0 aliphatic carbocycles. The van der Waals surface area contributed by atoms with Gasteiger partial charge >= 0.3 is 0 Å². The number of hydrogen-bond donors (Lipinski definition) is 1.